The van der Waals surface area contributed by atoms with Crippen LogP contribution in [0.1, 0.15) is 19.4 Å². The molecule has 4 nitrogen and oxygen atoms in total. The van der Waals surface area contributed by atoms with E-state index in [1.807, 2.05) is 18.3 Å². The Kier molecular flexibility index (Phi) is 2.66. The fourth-order valence-corrected chi connectivity index (χ4v) is 2.66. The second kappa shape index (κ2) is 4.23. The maximum absolute atomic E-state index is 11.8. The van der Waals surface area contributed by atoms with Gasteiger partial charge in [-0.1, -0.05) is 19.1 Å². The molecule has 0 N–H and O–H groups in total. The van der Waals surface area contributed by atoms with Gasteiger partial charge in [0.25, 0.3) is 11.1 Å². The highest BCUT2D eigenvalue weighted by atomic mass is 16.1. The average molecular weight is 256 g/mol. The molecular formula is C15H16N2O2. The highest BCUT2D eigenvalue weighted by Gasteiger charge is 2.51. The topological polar surface area (TPSA) is 44.0 Å². The fraction of sp³-hybridized carbons (Fsp3) is 0.333. The van der Waals surface area contributed by atoms with Crippen molar-refractivity contribution >= 4 is 0 Å². The van der Waals surface area contributed by atoms with Gasteiger partial charge in [-0.15, -0.1) is 0 Å². The second-order valence-corrected chi connectivity index (χ2v) is 5.49. The summed E-state index contributed by atoms with van der Waals surface area (Å²) in [7, 11) is 0. The monoisotopic (exact) mass is 256 g/mol. The predicted molar refractivity (Wildman–Crippen MR) is 73.2 cm³/mol. The van der Waals surface area contributed by atoms with Gasteiger partial charge >= 0.3 is 0 Å². The minimum atomic E-state index is -0.0175. The third-order valence-electron chi connectivity index (χ3n) is 3.92. The quantitative estimate of drug-likeness (QED) is 0.838. The van der Waals surface area contributed by atoms with Crippen LogP contribution in [-0.2, 0) is 6.54 Å². The molecule has 0 aliphatic heterocycles. The van der Waals surface area contributed by atoms with Crippen molar-refractivity contribution in [3.8, 4) is 0 Å². The van der Waals surface area contributed by atoms with E-state index < -0.39 is 0 Å². The molecule has 0 radical (unpaired) electrons. The maximum Gasteiger partial charge on any atom is 0.250 e. The number of hydrogen-bond acceptors (Lipinski definition) is 2. The third kappa shape index (κ3) is 2.14. The van der Waals surface area contributed by atoms with Gasteiger partial charge in [0.1, 0.15) is 0 Å². The summed E-state index contributed by atoms with van der Waals surface area (Å²) >= 11 is 0. The Balaban J connectivity index is 1.85. The number of hydrogen-bond donors (Lipinski definition) is 0. The first kappa shape index (κ1) is 12.0. The molecule has 98 valence electrons. The Labute approximate surface area is 110 Å². The summed E-state index contributed by atoms with van der Waals surface area (Å²) in [5, 5.41) is 0. The normalized spacial score (nSPS) is 25.2. The SMILES string of the molecule is CC1(Cn2ccccc2=O)CC1n1ccccc1=O. The summed E-state index contributed by atoms with van der Waals surface area (Å²) < 4.78 is 3.49. The van der Waals surface area contributed by atoms with E-state index in [2.05, 4.69) is 6.92 Å². The van der Waals surface area contributed by atoms with Crippen LogP contribution in [0.5, 0.6) is 0 Å². The summed E-state index contributed by atoms with van der Waals surface area (Å²) in [5.41, 5.74) is 0.0162. The Bertz CT molecular complexity index is 716. The van der Waals surface area contributed by atoms with Gasteiger partial charge in [-0.25, -0.2) is 0 Å². The molecule has 1 aliphatic carbocycles. The van der Waals surface area contributed by atoms with Gasteiger partial charge in [-0.3, -0.25) is 9.59 Å². The van der Waals surface area contributed by atoms with Gasteiger partial charge in [-0.2, -0.15) is 0 Å². The van der Waals surface area contributed by atoms with Crippen molar-refractivity contribution in [2.24, 2.45) is 5.41 Å². The molecule has 2 aromatic rings. The summed E-state index contributed by atoms with van der Waals surface area (Å²) in [4.78, 5) is 23.5. The zero-order valence-electron chi connectivity index (χ0n) is 10.8. The van der Waals surface area contributed by atoms with Gasteiger partial charge in [0, 0.05) is 42.5 Å². The van der Waals surface area contributed by atoms with Gasteiger partial charge in [0.15, 0.2) is 0 Å². The molecule has 0 spiro atoms. The smallest absolute Gasteiger partial charge is 0.250 e. The molecule has 1 fully saturated rings. The lowest BCUT2D eigenvalue weighted by Crippen LogP contribution is -2.25. The highest BCUT2D eigenvalue weighted by molar-refractivity contribution is 5.08. The molecule has 2 heterocycles. The van der Waals surface area contributed by atoms with Gasteiger partial charge < -0.3 is 9.13 Å². The predicted octanol–water partition coefficient (Wildman–Crippen LogP) is 1.66. The summed E-state index contributed by atoms with van der Waals surface area (Å²) in [6.07, 6.45) is 4.56. The largest absolute Gasteiger partial charge is 0.315 e. The van der Waals surface area contributed by atoms with Crippen LogP contribution < -0.4 is 11.1 Å². The minimum absolute atomic E-state index is 0.00906. The van der Waals surface area contributed by atoms with E-state index in [1.54, 1.807) is 39.6 Å². The van der Waals surface area contributed by atoms with Crippen molar-refractivity contribution in [1.29, 1.82) is 0 Å². The molecule has 2 atom stereocenters. The maximum atomic E-state index is 11.8. The Morgan fingerprint density at radius 3 is 2.47 bits per heavy atom. The molecule has 1 aliphatic rings. The van der Waals surface area contributed by atoms with Crippen molar-refractivity contribution in [3.63, 3.8) is 0 Å². The zero-order valence-corrected chi connectivity index (χ0v) is 10.8. The van der Waals surface area contributed by atoms with Crippen LogP contribution in [0.4, 0.5) is 0 Å². The number of nitrogens with zero attached hydrogens (tertiary/aromatic N) is 2. The van der Waals surface area contributed by atoms with Crippen molar-refractivity contribution in [2.45, 2.75) is 25.9 Å². The molecule has 2 aromatic heterocycles. The molecule has 19 heavy (non-hydrogen) atoms. The van der Waals surface area contributed by atoms with Gasteiger partial charge in [-0.05, 0) is 18.6 Å². The third-order valence-corrected chi connectivity index (χ3v) is 3.92. The lowest BCUT2D eigenvalue weighted by Gasteiger charge is -2.14. The molecule has 3 rings (SSSR count). The van der Waals surface area contributed by atoms with Crippen molar-refractivity contribution in [3.05, 3.63) is 69.5 Å². The lowest BCUT2D eigenvalue weighted by atomic mass is 10.1. The fourth-order valence-electron chi connectivity index (χ4n) is 2.66. The molecule has 0 bridgehead atoms. The molecule has 0 aromatic carbocycles. The van der Waals surface area contributed by atoms with Crippen molar-refractivity contribution in [2.75, 3.05) is 0 Å². The van der Waals surface area contributed by atoms with E-state index in [9.17, 15) is 9.59 Å². The summed E-state index contributed by atoms with van der Waals surface area (Å²) in [6.45, 7) is 2.77. The van der Waals surface area contributed by atoms with Crippen LogP contribution in [0.3, 0.4) is 0 Å². The van der Waals surface area contributed by atoms with E-state index >= 15 is 0 Å². The molecule has 2 unspecified atom stereocenters. The molecular weight excluding hydrogens is 240 g/mol. The van der Waals surface area contributed by atoms with E-state index in [1.165, 1.54) is 0 Å². The van der Waals surface area contributed by atoms with E-state index in [0.717, 1.165) is 6.42 Å². The first-order chi connectivity index (χ1) is 9.10. The molecule has 1 saturated carbocycles. The molecule has 0 saturated heterocycles. The van der Waals surface area contributed by atoms with Crippen LogP contribution in [-0.4, -0.2) is 9.13 Å². The highest BCUT2D eigenvalue weighted by Crippen LogP contribution is 2.56. The van der Waals surface area contributed by atoms with Crippen molar-refractivity contribution < 1.29 is 0 Å². The molecule has 0 amide bonds. The molecule has 4 heteroatoms. The number of pyridine rings is 2. The average Bonchev–Trinajstić information content (AvgIpc) is 3.05. The second-order valence-electron chi connectivity index (χ2n) is 5.49. The van der Waals surface area contributed by atoms with Crippen LogP contribution in [0.15, 0.2) is 58.4 Å². The van der Waals surface area contributed by atoms with Crippen LogP contribution in [0.25, 0.3) is 0 Å². The first-order valence-electron chi connectivity index (χ1n) is 6.43. The summed E-state index contributed by atoms with van der Waals surface area (Å²) in [6, 6.07) is 10.6. The summed E-state index contributed by atoms with van der Waals surface area (Å²) in [5.74, 6) is 0. The van der Waals surface area contributed by atoms with Crippen molar-refractivity contribution in [1.82, 2.24) is 9.13 Å². The Hall–Kier alpha value is -2.10. The standard InChI is InChI=1S/C15H16N2O2/c1-15(11-16-8-4-2-6-13(16)18)10-12(15)17-9-5-3-7-14(17)19/h2-9,12H,10-11H2,1H3. The number of aromatic nitrogens is 2. The Morgan fingerprint density at radius 2 is 1.79 bits per heavy atom. The minimum Gasteiger partial charge on any atom is -0.315 e. The van der Waals surface area contributed by atoms with Gasteiger partial charge in [0.05, 0.1) is 0 Å². The van der Waals surface area contributed by atoms with Crippen LogP contribution >= 0.6 is 0 Å². The van der Waals surface area contributed by atoms with Gasteiger partial charge in [0.2, 0.25) is 0 Å². The van der Waals surface area contributed by atoms with E-state index in [-0.39, 0.29) is 22.6 Å². The van der Waals surface area contributed by atoms with Crippen LogP contribution in [0.2, 0.25) is 0 Å². The number of rotatable bonds is 3. The lowest BCUT2D eigenvalue weighted by molar-refractivity contribution is 0.404. The first-order valence-corrected chi connectivity index (χ1v) is 6.43. The van der Waals surface area contributed by atoms with Crippen LogP contribution in [0, 0.1) is 5.41 Å². The Morgan fingerprint density at radius 1 is 1.11 bits per heavy atom. The van der Waals surface area contributed by atoms with E-state index in [0.29, 0.717) is 6.54 Å². The zero-order chi connectivity index (χ0) is 13.5. The van der Waals surface area contributed by atoms with E-state index in [4.69, 9.17) is 0 Å².